The molecule has 1 aromatic rings. The Hall–Kier alpha value is -0.910. The first kappa shape index (κ1) is 15.0. The first-order valence-corrected chi connectivity index (χ1v) is 8.16. The molecule has 1 aromatic heterocycles. The van der Waals surface area contributed by atoms with Gasteiger partial charge in [0.2, 0.25) is 0 Å². The second-order valence-corrected chi connectivity index (χ2v) is 6.44. The van der Waals surface area contributed by atoms with E-state index in [1.54, 1.807) is 0 Å². The van der Waals surface area contributed by atoms with E-state index in [0.717, 1.165) is 38.0 Å². The highest BCUT2D eigenvalue weighted by molar-refractivity contribution is 5.03. The van der Waals surface area contributed by atoms with E-state index < -0.39 is 0 Å². The average molecular weight is 293 g/mol. The van der Waals surface area contributed by atoms with Gasteiger partial charge >= 0.3 is 0 Å². The molecule has 21 heavy (non-hydrogen) atoms. The van der Waals surface area contributed by atoms with Crippen LogP contribution in [0.1, 0.15) is 44.5 Å². The largest absolute Gasteiger partial charge is 0.381 e. The number of hydrogen-bond donors (Lipinski definition) is 1. The normalized spacial score (nSPS) is 28.9. The molecular formula is C16H27N3O2. The number of nitrogens with zero attached hydrogens (tertiary/aromatic N) is 2. The monoisotopic (exact) mass is 293 g/mol. The number of rotatable bonds is 5. The Kier molecular flexibility index (Phi) is 4.93. The molecule has 2 aliphatic heterocycles. The summed E-state index contributed by atoms with van der Waals surface area (Å²) in [6.07, 6.45) is 8.62. The van der Waals surface area contributed by atoms with E-state index in [1.165, 1.54) is 19.3 Å². The van der Waals surface area contributed by atoms with E-state index in [4.69, 9.17) is 9.47 Å². The minimum atomic E-state index is 0.0853. The van der Waals surface area contributed by atoms with Crippen LogP contribution in [-0.2, 0) is 16.5 Å². The van der Waals surface area contributed by atoms with E-state index in [9.17, 15) is 0 Å². The molecule has 3 atom stereocenters. The summed E-state index contributed by atoms with van der Waals surface area (Å²) in [5, 5.41) is 3.77. The summed E-state index contributed by atoms with van der Waals surface area (Å²) >= 11 is 0. The van der Waals surface area contributed by atoms with Crippen molar-refractivity contribution in [2.24, 2.45) is 13.0 Å². The molecule has 3 rings (SSSR count). The zero-order valence-corrected chi connectivity index (χ0v) is 13.1. The summed E-state index contributed by atoms with van der Waals surface area (Å²) in [7, 11) is 2.03. The topological polar surface area (TPSA) is 48.3 Å². The van der Waals surface area contributed by atoms with E-state index in [0.29, 0.717) is 12.1 Å². The van der Waals surface area contributed by atoms with Gasteiger partial charge in [-0.15, -0.1) is 0 Å². The lowest BCUT2D eigenvalue weighted by atomic mass is 9.92. The van der Waals surface area contributed by atoms with Gasteiger partial charge in [-0.1, -0.05) is 0 Å². The smallest absolute Gasteiger partial charge is 0.139 e. The lowest BCUT2D eigenvalue weighted by Gasteiger charge is -2.28. The summed E-state index contributed by atoms with van der Waals surface area (Å²) in [6, 6.07) is 0.892. The van der Waals surface area contributed by atoms with Crippen LogP contribution >= 0.6 is 0 Å². The van der Waals surface area contributed by atoms with Crippen LogP contribution in [0.3, 0.4) is 0 Å². The predicted octanol–water partition coefficient (Wildman–Crippen LogP) is 2.04. The molecule has 2 fully saturated rings. The SMILES string of the molecule is C[C@@H](CC1CCOCC1)N[C@H]1CCO[C@@H]1c1nccn1C. The van der Waals surface area contributed by atoms with Gasteiger partial charge in [-0.25, -0.2) is 4.98 Å². The Morgan fingerprint density at radius 3 is 2.86 bits per heavy atom. The maximum absolute atomic E-state index is 5.92. The van der Waals surface area contributed by atoms with Crippen molar-refractivity contribution in [2.45, 2.75) is 50.8 Å². The molecular weight excluding hydrogens is 266 g/mol. The molecule has 0 bridgehead atoms. The van der Waals surface area contributed by atoms with Crippen molar-refractivity contribution in [3.8, 4) is 0 Å². The van der Waals surface area contributed by atoms with E-state index in [-0.39, 0.29) is 6.10 Å². The van der Waals surface area contributed by atoms with Crippen LogP contribution in [0.2, 0.25) is 0 Å². The van der Waals surface area contributed by atoms with Gasteiger partial charge in [0.1, 0.15) is 11.9 Å². The summed E-state index contributed by atoms with van der Waals surface area (Å²) in [6.45, 7) is 4.97. The fourth-order valence-electron chi connectivity index (χ4n) is 3.58. The number of hydrogen-bond acceptors (Lipinski definition) is 4. The van der Waals surface area contributed by atoms with Crippen LogP contribution in [0.15, 0.2) is 12.4 Å². The fourth-order valence-corrected chi connectivity index (χ4v) is 3.58. The fraction of sp³-hybridized carbons (Fsp3) is 0.812. The van der Waals surface area contributed by atoms with Crippen molar-refractivity contribution in [1.82, 2.24) is 14.9 Å². The molecule has 5 heteroatoms. The molecule has 0 aliphatic carbocycles. The number of ether oxygens (including phenoxy) is 2. The third-order valence-electron chi connectivity index (χ3n) is 4.73. The second-order valence-electron chi connectivity index (χ2n) is 6.44. The molecule has 2 saturated heterocycles. The van der Waals surface area contributed by atoms with E-state index >= 15 is 0 Å². The van der Waals surface area contributed by atoms with Gasteiger partial charge in [-0.2, -0.15) is 0 Å². The molecule has 5 nitrogen and oxygen atoms in total. The third kappa shape index (κ3) is 3.65. The van der Waals surface area contributed by atoms with Gasteiger partial charge in [-0.05, 0) is 38.5 Å². The lowest BCUT2D eigenvalue weighted by molar-refractivity contribution is 0.0584. The van der Waals surface area contributed by atoms with Crippen LogP contribution in [0.25, 0.3) is 0 Å². The van der Waals surface area contributed by atoms with Crippen molar-refractivity contribution in [1.29, 1.82) is 0 Å². The first-order chi connectivity index (χ1) is 10.2. The molecule has 2 aliphatic rings. The van der Waals surface area contributed by atoms with Gasteiger partial charge in [0.05, 0.1) is 0 Å². The Balaban J connectivity index is 1.54. The highest BCUT2D eigenvalue weighted by atomic mass is 16.5. The number of aryl methyl sites for hydroxylation is 1. The highest BCUT2D eigenvalue weighted by Gasteiger charge is 2.33. The van der Waals surface area contributed by atoms with E-state index in [2.05, 4.69) is 21.8 Å². The van der Waals surface area contributed by atoms with Gasteiger partial charge in [0.15, 0.2) is 0 Å². The Bertz CT molecular complexity index is 442. The van der Waals surface area contributed by atoms with Crippen molar-refractivity contribution >= 4 is 0 Å². The summed E-state index contributed by atoms with van der Waals surface area (Å²) in [5.41, 5.74) is 0. The number of aromatic nitrogens is 2. The molecule has 0 amide bonds. The Morgan fingerprint density at radius 1 is 1.33 bits per heavy atom. The maximum Gasteiger partial charge on any atom is 0.139 e. The number of nitrogens with one attached hydrogen (secondary N) is 1. The highest BCUT2D eigenvalue weighted by Crippen LogP contribution is 2.29. The van der Waals surface area contributed by atoms with Crippen LogP contribution in [0.4, 0.5) is 0 Å². The number of imidazole rings is 1. The average Bonchev–Trinajstić information content (AvgIpc) is 3.08. The standard InChI is InChI=1S/C16H27N3O2/c1-12(11-13-3-8-20-9-4-13)18-14-5-10-21-15(14)16-17-6-7-19(16)2/h6-7,12-15,18H,3-5,8-11H2,1-2H3/t12-,14-,15-/m0/s1. The molecule has 0 spiro atoms. The molecule has 0 radical (unpaired) electrons. The molecule has 0 unspecified atom stereocenters. The van der Waals surface area contributed by atoms with Crippen LogP contribution in [0.5, 0.6) is 0 Å². The zero-order chi connectivity index (χ0) is 14.7. The molecule has 0 aromatic carbocycles. The minimum Gasteiger partial charge on any atom is -0.381 e. The van der Waals surface area contributed by atoms with Crippen molar-refractivity contribution in [3.63, 3.8) is 0 Å². The van der Waals surface area contributed by atoms with Crippen molar-refractivity contribution in [2.75, 3.05) is 19.8 Å². The van der Waals surface area contributed by atoms with Crippen LogP contribution < -0.4 is 5.32 Å². The second kappa shape index (κ2) is 6.90. The third-order valence-corrected chi connectivity index (χ3v) is 4.73. The summed E-state index contributed by atoms with van der Waals surface area (Å²) in [4.78, 5) is 4.45. The van der Waals surface area contributed by atoms with Gasteiger partial charge in [0.25, 0.3) is 0 Å². The maximum atomic E-state index is 5.92. The van der Waals surface area contributed by atoms with Crippen LogP contribution in [0, 0.1) is 5.92 Å². The lowest BCUT2D eigenvalue weighted by Crippen LogP contribution is -2.40. The zero-order valence-electron chi connectivity index (χ0n) is 13.1. The van der Waals surface area contributed by atoms with Crippen molar-refractivity contribution < 1.29 is 9.47 Å². The van der Waals surface area contributed by atoms with Gasteiger partial charge in [-0.3, -0.25) is 0 Å². The minimum absolute atomic E-state index is 0.0853. The van der Waals surface area contributed by atoms with Gasteiger partial charge in [0, 0.05) is 51.3 Å². The molecule has 3 heterocycles. The van der Waals surface area contributed by atoms with Crippen molar-refractivity contribution in [3.05, 3.63) is 18.2 Å². The summed E-state index contributed by atoms with van der Waals surface area (Å²) < 4.78 is 13.4. The predicted molar refractivity (Wildman–Crippen MR) is 81.1 cm³/mol. The van der Waals surface area contributed by atoms with Crippen LogP contribution in [-0.4, -0.2) is 41.5 Å². The Morgan fingerprint density at radius 2 is 2.14 bits per heavy atom. The van der Waals surface area contributed by atoms with Gasteiger partial charge < -0.3 is 19.4 Å². The van der Waals surface area contributed by atoms with E-state index in [1.807, 2.05) is 19.4 Å². The summed E-state index contributed by atoms with van der Waals surface area (Å²) in [5.74, 6) is 1.83. The first-order valence-electron chi connectivity index (χ1n) is 8.16. The molecule has 1 N–H and O–H groups in total. The quantitative estimate of drug-likeness (QED) is 0.902. The molecule has 118 valence electrons. The molecule has 0 saturated carbocycles. The Labute approximate surface area is 127 Å².